The van der Waals surface area contributed by atoms with Gasteiger partial charge >= 0.3 is 6.03 Å². The molecular weight excluding hydrogens is 362 g/mol. The van der Waals surface area contributed by atoms with Crippen LogP contribution in [-0.4, -0.2) is 32.9 Å². The van der Waals surface area contributed by atoms with Gasteiger partial charge in [-0.2, -0.15) is 0 Å². The number of hydrogen-bond donors (Lipinski definition) is 3. The van der Waals surface area contributed by atoms with Gasteiger partial charge in [0.2, 0.25) is 11.0 Å². The number of amides is 3. The number of rotatable bonds is 6. The van der Waals surface area contributed by atoms with Crippen molar-refractivity contribution >= 4 is 40.2 Å². The number of anilines is 1. The number of carbonyl (C=O) groups excluding carboxylic acids is 2. The number of urea groups is 1. The summed E-state index contributed by atoms with van der Waals surface area (Å²) in [5.41, 5.74) is -0.408. The van der Waals surface area contributed by atoms with E-state index in [0.29, 0.717) is 16.0 Å². The lowest BCUT2D eigenvalue weighted by Crippen LogP contribution is -2.49. The molecule has 0 bridgehead atoms. The third-order valence-electron chi connectivity index (χ3n) is 2.77. The van der Waals surface area contributed by atoms with Gasteiger partial charge in [-0.25, -0.2) is 4.79 Å². The normalized spacial score (nSPS) is 12.5. The SMILES string of the molecule is C[C@@H](Sc1nnc(NCc2ccco2)s1)C(=O)NC(=O)NC(C)(C)C. The lowest BCUT2D eigenvalue weighted by molar-refractivity contribution is -0.119. The number of hydrogen-bond acceptors (Lipinski definition) is 8. The smallest absolute Gasteiger partial charge is 0.321 e. The molecule has 2 aromatic rings. The van der Waals surface area contributed by atoms with Crippen LogP contribution < -0.4 is 16.0 Å². The monoisotopic (exact) mass is 383 g/mol. The van der Waals surface area contributed by atoms with Crippen molar-refractivity contribution in [1.82, 2.24) is 20.8 Å². The largest absolute Gasteiger partial charge is 0.467 e. The summed E-state index contributed by atoms with van der Waals surface area (Å²) >= 11 is 2.58. The number of carbonyl (C=O) groups is 2. The highest BCUT2D eigenvalue weighted by molar-refractivity contribution is 8.02. The maximum absolute atomic E-state index is 12.1. The predicted molar refractivity (Wildman–Crippen MR) is 97.7 cm³/mol. The van der Waals surface area contributed by atoms with Crippen molar-refractivity contribution in [2.24, 2.45) is 0 Å². The van der Waals surface area contributed by atoms with Crippen LogP contribution in [0.15, 0.2) is 27.2 Å². The quantitative estimate of drug-likeness (QED) is 0.658. The Kier molecular flexibility index (Phi) is 6.43. The summed E-state index contributed by atoms with van der Waals surface area (Å²) in [5, 5.41) is 16.3. The van der Waals surface area contributed by atoms with Crippen molar-refractivity contribution in [2.75, 3.05) is 5.32 Å². The third kappa shape index (κ3) is 6.75. The van der Waals surface area contributed by atoms with Gasteiger partial charge in [-0.1, -0.05) is 23.1 Å². The molecule has 8 nitrogen and oxygen atoms in total. The molecule has 3 N–H and O–H groups in total. The van der Waals surface area contributed by atoms with Crippen LogP contribution in [-0.2, 0) is 11.3 Å². The van der Waals surface area contributed by atoms with Crippen molar-refractivity contribution in [3.05, 3.63) is 24.2 Å². The summed E-state index contributed by atoms with van der Waals surface area (Å²) in [6, 6.07) is 3.16. The first-order valence-corrected chi connectivity index (χ1v) is 9.32. The molecule has 0 aliphatic carbocycles. The first-order valence-electron chi connectivity index (χ1n) is 7.62. The molecule has 25 heavy (non-hydrogen) atoms. The Morgan fingerprint density at radius 1 is 1.36 bits per heavy atom. The summed E-state index contributed by atoms with van der Waals surface area (Å²) in [4.78, 5) is 23.8. The van der Waals surface area contributed by atoms with Crippen LogP contribution in [0.1, 0.15) is 33.5 Å². The topological polar surface area (TPSA) is 109 Å². The van der Waals surface area contributed by atoms with Crippen molar-refractivity contribution in [1.29, 1.82) is 0 Å². The first-order chi connectivity index (χ1) is 11.7. The zero-order valence-electron chi connectivity index (χ0n) is 14.5. The van der Waals surface area contributed by atoms with Crippen LogP contribution in [0.4, 0.5) is 9.93 Å². The molecule has 2 aromatic heterocycles. The molecule has 2 heterocycles. The second-order valence-electron chi connectivity index (χ2n) is 6.26. The molecule has 1 atom stereocenters. The molecule has 0 fully saturated rings. The fourth-order valence-electron chi connectivity index (χ4n) is 1.69. The molecule has 0 aliphatic rings. The van der Waals surface area contributed by atoms with Gasteiger partial charge < -0.3 is 15.1 Å². The minimum Gasteiger partial charge on any atom is -0.467 e. The molecule has 0 spiro atoms. The van der Waals surface area contributed by atoms with E-state index in [2.05, 4.69) is 26.1 Å². The summed E-state index contributed by atoms with van der Waals surface area (Å²) in [5.74, 6) is 0.411. The fourth-order valence-corrected chi connectivity index (χ4v) is 3.59. The van der Waals surface area contributed by atoms with E-state index >= 15 is 0 Å². The van der Waals surface area contributed by atoms with Crippen LogP contribution in [0.5, 0.6) is 0 Å². The molecule has 0 radical (unpaired) electrons. The number of imide groups is 1. The molecular formula is C15H21N5O3S2. The van der Waals surface area contributed by atoms with E-state index < -0.39 is 16.8 Å². The Bertz CT molecular complexity index is 709. The molecule has 0 saturated heterocycles. The lowest BCUT2D eigenvalue weighted by atomic mass is 10.1. The Hall–Kier alpha value is -2.07. The molecule has 0 aromatic carbocycles. The lowest BCUT2D eigenvalue weighted by Gasteiger charge is -2.20. The third-order valence-corrected chi connectivity index (χ3v) is 4.84. The van der Waals surface area contributed by atoms with Gasteiger partial charge in [0.15, 0.2) is 4.34 Å². The van der Waals surface area contributed by atoms with E-state index in [9.17, 15) is 9.59 Å². The minimum atomic E-state index is -0.511. The number of furan rings is 1. The fraction of sp³-hybridized carbons (Fsp3) is 0.467. The van der Waals surface area contributed by atoms with Crippen LogP contribution in [0.3, 0.4) is 0 Å². The average Bonchev–Trinajstić information content (AvgIpc) is 3.14. The van der Waals surface area contributed by atoms with E-state index in [1.165, 1.54) is 23.1 Å². The van der Waals surface area contributed by atoms with Crippen molar-refractivity contribution in [2.45, 2.75) is 49.4 Å². The highest BCUT2D eigenvalue weighted by Gasteiger charge is 2.21. The second-order valence-corrected chi connectivity index (χ2v) is 8.82. The van der Waals surface area contributed by atoms with Gasteiger partial charge in [-0.05, 0) is 39.8 Å². The predicted octanol–water partition coefficient (Wildman–Crippen LogP) is 2.85. The average molecular weight is 383 g/mol. The Labute approximate surface area is 154 Å². The van der Waals surface area contributed by atoms with Gasteiger partial charge in [0, 0.05) is 5.54 Å². The molecule has 136 valence electrons. The van der Waals surface area contributed by atoms with Gasteiger partial charge in [0.05, 0.1) is 18.1 Å². The number of thioether (sulfide) groups is 1. The number of aromatic nitrogens is 2. The zero-order chi connectivity index (χ0) is 18.4. The van der Waals surface area contributed by atoms with Gasteiger partial charge in [0.1, 0.15) is 5.76 Å². The summed E-state index contributed by atoms with van der Waals surface area (Å²) in [6.07, 6.45) is 1.61. The highest BCUT2D eigenvalue weighted by Crippen LogP contribution is 2.29. The highest BCUT2D eigenvalue weighted by atomic mass is 32.2. The van der Waals surface area contributed by atoms with E-state index in [1.54, 1.807) is 13.2 Å². The Balaban J connectivity index is 1.80. The molecule has 0 saturated carbocycles. The van der Waals surface area contributed by atoms with Crippen LogP contribution in [0.25, 0.3) is 0 Å². The molecule has 10 heteroatoms. The first kappa shape index (κ1) is 19.3. The molecule has 3 amide bonds. The number of nitrogens with zero attached hydrogens (tertiary/aromatic N) is 2. The summed E-state index contributed by atoms with van der Waals surface area (Å²) in [7, 11) is 0. The van der Waals surface area contributed by atoms with Gasteiger partial charge in [0.25, 0.3) is 0 Å². The molecule has 0 aliphatic heterocycles. The maximum atomic E-state index is 12.1. The van der Waals surface area contributed by atoms with Crippen LogP contribution >= 0.6 is 23.1 Å². The standard InChI is InChI=1S/C15H21N5O3S2/c1-9(11(21)17-12(22)18-15(2,3)4)24-14-20-19-13(25-14)16-8-10-6-5-7-23-10/h5-7,9H,8H2,1-4H3,(H,16,19)(H2,17,18,21,22)/t9-/m1/s1. The Morgan fingerprint density at radius 3 is 2.76 bits per heavy atom. The summed E-state index contributed by atoms with van der Waals surface area (Å²) < 4.78 is 5.87. The van der Waals surface area contributed by atoms with E-state index in [0.717, 1.165) is 5.76 Å². The van der Waals surface area contributed by atoms with Gasteiger partial charge in [-0.15, -0.1) is 10.2 Å². The van der Waals surface area contributed by atoms with Crippen molar-refractivity contribution in [3.8, 4) is 0 Å². The van der Waals surface area contributed by atoms with Gasteiger partial charge in [-0.3, -0.25) is 10.1 Å². The molecule has 2 rings (SSSR count). The van der Waals surface area contributed by atoms with E-state index in [4.69, 9.17) is 4.42 Å². The second kappa shape index (κ2) is 8.34. The van der Waals surface area contributed by atoms with E-state index in [1.807, 2.05) is 32.9 Å². The Morgan fingerprint density at radius 2 is 2.12 bits per heavy atom. The van der Waals surface area contributed by atoms with E-state index in [-0.39, 0.29) is 5.91 Å². The zero-order valence-corrected chi connectivity index (χ0v) is 16.1. The molecule has 0 unspecified atom stereocenters. The van der Waals surface area contributed by atoms with Crippen LogP contribution in [0.2, 0.25) is 0 Å². The maximum Gasteiger partial charge on any atom is 0.321 e. The summed E-state index contributed by atoms with van der Waals surface area (Å²) in [6.45, 7) is 7.74. The van der Waals surface area contributed by atoms with Crippen LogP contribution in [0, 0.1) is 0 Å². The van der Waals surface area contributed by atoms with Crippen molar-refractivity contribution in [3.63, 3.8) is 0 Å². The minimum absolute atomic E-state index is 0.382. The van der Waals surface area contributed by atoms with Crippen molar-refractivity contribution < 1.29 is 14.0 Å². The number of nitrogens with one attached hydrogen (secondary N) is 3.